The van der Waals surface area contributed by atoms with Crippen LogP contribution in [0.15, 0.2) is 37.9 Å². The molecule has 1 saturated heterocycles. The first-order chi connectivity index (χ1) is 10.1. The van der Waals surface area contributed by atoms with Crippen LogP contribution in [0.1, 0.15) is 17.0 Å². The number of carbonyl (C=O) groups is 2. The first-order valence-electron chi connectivity index (χ1n) is 6.35. The third-order valence-electron chi connectivity index (χ3n) is 3.44. The minimum Gasteiger partial charge on any atom is -0.444 e. The van der Waals surface area contributed by atoms with Crippen molar-refractivity contribution in [2.75, 3.05) is 13.1 Å². The Morgan fingerprint density at radius 3 is 3.00 bits per heavy atom. The number of halogens is 1. The molecule has 0 radical (unpaired) electrons. The third-order valence-corrected chi connectivity index (χ3v) is 3.87. The Bertz CT molecular complexity index is 726. The molecule has 1 aromatic rings. The zero-order chi connectivity index (χ0) is 15.0. The number of likely N-dealkylation sites (tertiary alicyclic amines) is 1. The second-order valence-electron chi connectivity index (χ2n) is 4.78. The number of furan rings is 1. The Labute approximate surface area is 128 Å². The quantitative estimate of drug-likeness (QED) is 0.776. The predicted molar refractivity (Wildman–Crippen MR) is 76.6 cm³/mol. The minimum atomic E-state index is -0.850. The van der Waals surface area contributed by atoms with E-state index in [1.807, 2.05) is 6.07 Å². The summed E-state index contributed by atoms with van der Waals surface area (Å²) < 4.78 is 5.76. The minimum absolute atomic E-state index is 0.217. The number of nitriles is 1. The highest BCUT2D eigenvalue weighted by Gasteiger charge is 2.31. The van der Waals surface area contributed by atoms with Gasteiger partial charge >= 0.3 is 0 Å². The van der Waals surface area contributed by atoms with Gasteiger partial charge < -0.3 is 9.32 Å². The molecular formula is C14H10BrN3O3. The van der Waals surface area contributed by atoms with Crippen LogP contribution in [0.5, 0.6) is 0 Å². The molecule has 0 aromatic carbocycles. The Kier molecular flexibility index (Phi) is 3.47. The summed E-state index contributed by atoms with van der Waals surface area (Å²) >= 11 is 3.16. The number of hydrogen-bond acceptors (Lipinski definition) is 4. The van der Waals surface area contributed by atoms with Gasteiger partial charge in [-0.3, -0.25) is 9.59 Å². The molecule has 1 unspecified atom stereocenters. The molecule has 3 rings (SSSR count). The van der Waals surface area contributed by atoms with E-state index in [1.165, 1.54) is 0 Å². The van der Waals surface area contributed by atoms with Gasteiger partial charge in [-0.15, -0.1) is 0 Å². The summed E-state index contributed by atoms with van der Waals surface area (Å²) in [5.41, 5.74) is 1.45. The molecule has 0 N–H and O–H groups in total. The fraction of sp³-hybridized carbons (Fsp3) is 0.286. The van der Waals surface area contributed by atoms with Crippen LogP contribution in [0.3, 0.4) is 0 Å². The summed E-state index contributed by atoms with van der Waals surface area (Å²) in [6.07, 6.45) is 2.10. The van der Waals surface area contributed by atoms with E-state index in [1.54, 1.807) is 23.1 Å². The molecule has 7 heteroatoms. The molecule has 2 aliphatic rings. The Hall–Kier alpha value is -2.20. The number of rotatable bonds is 1. The van der Waals surface area contributed by atoms with Gasteiger partial charge in [0.15, 0.2) is 10.4 Å². The maximum atomic E-state index is 12.3. The van der Waals surface area contributed by atoms with E-state index >= 15 is 0 Å². The van der Waals surface area contributed by atoms with E-state index in [-0.39, 0.29) is 11.7 Å². The predicted octanol–water partition coefficient (Wildman–Crippen LogP) is 1.94. The third kappa shape index (κ3) is 2.54. The lowest BCUT2D eigenvalue weighted by molar-refractivity contribution is -0.119. The first-order valence-corrected chi connectivity index (χ1v) is 7.14. The van der Waals surface area contributed by atoms with Crippen LogP contribution >= 0.6 is 15.9 Å². The Morgan fingerprint density at radius 2 is 2.33 bits per heavy atom. The van der Waals surface area contributed by atoms with E-state index < -0.39 is 11.8 Å². The van der Waals surface area contributed by atoms with E-state index in [9.17, 15) is 9.59 Å². The van der Waals surface area contributed by atoms with Gasteiger partial charge in [0.1, 0.15) is 5.92 Å². The van der Waals surface area contributed by atoms with E-state index in [0.29, 0.717) is 29.9 Å². The van der Waals surface area contributed by atoms with Crippen molar-refractivity contribution < 1.29 is 14.0 Å². The van der Waals surface area contributed by atoms with Crippen molar-refractivity contribution >= 4 is 33.5 Å². The zero-order valence-electron chi connectivity index (χ0n) is 10.9. The highest BCUT2D eigenvalue weighted by molar-refractivity contribution is 9.10. The lowest BCUT2D eigenvalue weighted by atomic mass is 9.94. The number of dihydropyridines is 1. The van der Waals surface area contributed by atoms with Crippen LogP contribution < -0.4 is 0 Å². The summed E-state index contributed by atoms with van der Waals surface area (Å²) in [5.74, 6) is -1.24. The topological polar surface area (TPSA) is 86.7 Å². The van der Waals surface area contributed by atoms with Gasteiger partial charge in [0.05, 0.1) is 11.8 Å². The smallest absolute Gasteiger partial charge is 0.289 e. The van der Waals surface area contributed by atoms with Crippen LogP contribution in [0, 0.1) is 17.2 Å². The SMILES string of the molecule is N#CC1C=C2CN(C(=O)c3ccc(Br)o3)CCC2=NC1=O. The van der Waals surface area contributed by atoms with Gasteiger partial charge in [0, 0.05) is 19.5 Å². The van der Waals surface area contributed by atoms with Gasteiger partial charge in [-0.1, -0.05) is 6.08 Å². The van der Waals surface area contributed by atoms with Gasteiger partial charge in [-0.05, 0) is 33.6 Å². The van der Waals surface area contributed by atoms with Gasteiger partial charge in [0.2, 0.25) is 0 Å². The van der Waals surface area contributed by atoms with Crippen molar-refractivity contribution in [2.45, 2.75) is 6.42 Å². The molecule has 1 atom stereocenters. The van der Waals surface area contributed by atoms with Crippen LogP contribution in [0.25, 0.3) is 0 Å². The van der Waals surface area contributed by atoms with Gasteiger partial charge in [0.25, 0.3) is 11.8 Å². The summed E-state index contributed by atoms with van der Waals surface area (Å²) in [4.78, 5) is 29.5. The van der Waals surface area contributed by atoms with Crippen LogP contribution in [-0.2, 0) is 4.79 Å². The van der Waals surface area contributed by atoms with Crippen molar-refractivity contribution in [3.8, 4) is 6.07 Å². The number of hydrogen-bond donors (Lipinski definition) is 0. The molecular weight excluding hydrogens is 338 g/mol. The van der Waals surface area contributed by atoms with Crippen LogP contribution in [0.4, 0.5) is 0 Å². The number of piperidine rings is 1. The largest absolute Gasteiger partial charge is 0.444 e. The molecule has 21 heavy (non-hydrogen) atoms. The second kappa shape index (κ2) is 5.30. The molecule has 0 saturated carbocycles. The number of carbonyl (C=O) groups excluding carboxylic acids is 2. The highest BCUT2D eigenvalue weighted by Crippen LogP contribution is 2.23. The van der Waals surface area contributed by atoms with Crippen LogP contribution in [0.2, 0.25) is 0 Å². The summed E-state index contributed by atoms with van der Waals surface area (Å²) in [7, 11) is 0. The summed E-state index contributed by atoms with van der Waals surface area (Å²) in [6.45, 7) is 0.805. The molecule has 0 spiro atoms. The number of fused-ring (bicyclic) bond motifs is 1. The number of aliphatic imine (C=N–C) groups is 1. The van der Waals surface area contributed by atoms with Crippen molar-refractivity contribution in [1.82, 2.24) is 4.90 Å². The maximum Gasteiger partial charge on any atom is 0.289 e. The van der Waals surface area contributed by atoms with Crippen LogP contribution in [-0.4, -0.2) is 35.5 Å². The monoisotopic (exact) mass is 347 g/mol. The summed E-state index contributed by atoms with van der Waals surface area (Å²) in [5, 5.41) is 8.92. The Balaban J connectivity index is 1.81. The van der Waals surface area contributed by atoms with Gasteiger partial charge in [-0.2, -0.15) is 5.26 Å². The van der Waals surface area contributed by atoms with E-state index in [0.717, 1.165) is 5.57 Å². The number of amides is 2. The fourth-order valence-corrected chi connectivity index (χ4v) is 2.69. The average molecular weight is 348 g/mol. The lowest BCUT2D eigenvalue weighted by Gasteiger charge is -2.30. The number of nitrogens with zero attached hydrogens (tertiary/aromatic N) is 3. The van der Waals surface area contributed by atoms with Crippen molar-refractivity contribution in [2.24, 2.45) is 10.9 Å². The molecule has 106 valence electrons. The Morgan fingerprint density at radius 1 is 1.52 bits per heavy atom. The van der Waals surface area contributed by atoms with Crippen molar-refractivity contribution in [3.63, 3.8) is 0 Å². The normalized spacial score (nSPS) is 21.2. The maximum absolute atomic E-state index is 12.3. The highest BCUT2D eigenvalue weighted by atomic mass is 79.9. The van der Waals surface area contributed by atoms with E-state index in [2.05, 4.69) is 20.9 Å². The molecule has 2 amide bonds. The first kappa shape index (κ1) is 13.8. The van der Waals surface area contributed by atoms with E-state index in [4.69, 9.17) is 9.68 Å². The fourth-order valence-electron chi connectivity index (χ4n) is 2.38. The summed E-state index contributed by atoms with van der Waals surface area (Å²) in [6, 6.07) is 5.17. The molecule has 0 aliphatic carbocycles. The molecule has 1 fully saturated rings. The molecule has 1 aromatic heterocycles. The average Bonchev–Trinajstić information content (AvgIpc) is 2.92. The van der Waals surface area contributed by atoms with Crippen molar-refractivity contribution in [3.05, 3.63) is 34.2 Å². The standard InChI is InChI=1S/C14H10BrN3O3/c15-12-2-1-11(21-12)14(20)18-4-3-10-9(7-18)5-8(6-16)13(19)17-10/h1-2,5,8H,3-4,7H2. The zero-order valence-corrected chi connectivity index (χ0v) is 12.5. The van der Waals surface area contributed by atoms with Gasteiger partial charge in [-0.25, -0.2) is 4.99 Å². The molecule has 3 heterocycles. The lowest BCUT2D eigenvalue weighted by Crippen LogP contribution is -2.41. The molecule has 6 nitrogen and oxygen atoms in total. The van der Waals surface area contributed by atoms with Crippen molar-refractivity contribution in [1.29, 1.82) is 5.26 Å². The molecule has 2 aliphatic heterocycles. The second-order valence-corrected chi connectivity index (χ2v) is 5.56. The molecule has 0 bridgehead atoms.